The Balaban J connectivity index is 2.04. The van der Waals surface area contributed by atoms with Crippen molar-refractivity contribution in [3.8, 4) is 5.75 Å². The predicted molar refractivity (Wildman–Crippen MR) is 153 cm³/mol. The molecule has 0 aliphatic carbocycles. The van der Waals surface area contributed by atoms with Crippen LogP contribution in [0, 0.1) is 6.92 Å². The minimum Gasteiger partial charge on any atom is -0.497 e. The van der Waals surface area contributed by atoms with Gasteiger partial charge in [0.25, 0.3) is 10.0 Å². The minimum absolute atomic E-state index is 0.0406. The van der Waals surface area contributed by atoms with Crippen molar-refractivity contribution in [1.82, 2.24) is 10.2 Å². The van der Waals surface area contributed by atoms with Crippen molar-refractivity contribution in [3.05, 3.63) is 88.9 Å². The fourth-order valence-corrected chi connectivity index (χ4v) is 5.56. The van der Waals surface area contributed by atoms with Crippen molar-refractivity contribution in [2.75, 3.05) is 24.5 Å². The molecule has 39 heavy (non-hydrogen) atoms. The Morgan fingerprint density at radius 2 is 1.72 bits per heavy atom. The fraction of sp³-hybridized carbons (Fsp3) is 0.310. The van der Waals surface area contributed by atoms with E-state index in [1.807, 2.05) is 13.8 Å². The Morgan fingerprint density at radius 3 is 2.36 bits per heavy atom. The minimum atomic E-state index is -4.16. The summed E-state index contributed by atoms with van der Waals surface area (Å²) in [5.74, 6) is -0.443. The average molecular weight is 572 g/mol. The second kappa shape index (κ2) is 13.5. The van der Waals surface area contributed by atoms with E-state index in [0.717, 1.165) is 16.3 Å². The standard InChI is InChI=1S/C29H34ClN3O5S/c1-5-16-31-29(35)22(3)32(19-23-8-6-9-24(30)17-23)28(34)20-33(25-10-7-11-26(18-25)38-4)39(36,37)27-14-12-21(2)13-15-27/h6-15,17-18,22H,5,16,19-20H2,1-4H3,(H,31,35). The third-order valence-electron chi connectivity index (χ3n) is 6.19. The number of amides is 2. The van der Waals surface area contributed by atoms with Gasteiger partial charge < -0.3 is 15.0 Å². The van der Waals surface area contributed by atoms with Crippen molar-refractivity contribution in [1.29, 1.82) is 0 Å². The quantitative estimate of drug-likeness (QED) is 0.337. The summed E-state index contributed by atoms with van der Waals surface area (Å²) in [4.78, 5) is 28.2. The average Bonchev–Trinajstić information content (AvgIpc) is 2.93. The Hall–Kier alpha value is -3.56. The monoisotopic (exact) mass is 571 g/mol. The van der Waals surface area contributed by atoms with Crippen molar-refractivity contribution in [3.63, 3.8) is 0 Å². The lowest BCUT2D eigenvalue weighted by molar-refractivity contribution is -0.139. The zero-order valence-electron chi connectivity index (χ0n) is 22.6. The second-order valence-electron chi connectivity index (χ2n) is 9.14. The molecule has 0 bridgehead atoms. The van der Waals surface area contributed by atoms with E-state index >= 15 is 0 Å². The van der Waals surface area contributed by atoms with Crippen LogP contribution in [0.3, 0.4) is 0 Å². The Kier molecular flexibility index (Phi) is 10.4. The normalized spacial score (nSPS) is 11.9. The summed E-state index contributed by atoms with van der Waals surface area (Å²) >= 11 is 6.17. The molecule has 208 valence electrons. The van der Waals surface area contributed by atoms with E-state index in [2.05, 4.69) is 5.32 Å². The number of benzene rings is 3. The van der Waals surface area contributed by atoms with Crippen LogP contribution in [-0.2, 0) is 26.2 Å². The first-order valence-electron chi connectivity index (χ1n) is 12.6. The maximum absolute atomic E-state index is 13.9. The van der Waals surface area contributed by atoms with Crippen LogP contribution in [0.1, 0.15) is 31.4 Å². The number of carbonyl (C=O) groups is 2. The number of nitrogens with one attached hydrogen (secondary N) is 1. The van der Waals surface area contributed by atoms with E-state index in [4.69, 9.17) is 16.3 Å². The van der Waals surface area contributed by atoms with Crippen LogP contribution in [0.25, 0.3) is 0 Å². The summed E-state index contributed by atoms with van der Waals surface area (Å²) in [5, 5.41) is 3.31. The van der Waals surface area contributed by atoms with Gasteiger partial charge in [0.1, 0.15) is 18.3 Å². The van der Waals surface area contributed by atoms with E-state index in [0.29, 0.717) is 22.9 Å². The van der Waals surface area contributed by atoms with Gasteiger partial charge in [-0.2, -0.15) is 0 Å². The zero-order chi connectivity index (χ0) is 28.6. The highest BCUT2D eigenvalue weighted by atomic mass is 35.5. The number of rotatable bonds is 12. The lowest BCUT2D eigenvalue weighted by atomic mass is 10.1. The van der Waals surface area contributed by atoms with E-state index in [1.165, 1.54) is 24.1 Å². The van der Waals surface area contributed by atoms with Gasteiger partial charge in [-0.25, -0.2) is 8.42 Å². The van der Waals surface area contributed by atoms with E-state index in [-0.39, 0.29) is 23.0 Å². The third-order valence-corrected chi connectivity index (χ3v) is 8.21. The first kappa shape index (κ1) is 30.0. The lowest BCUT2D eigenvalue weighted by Crippen LogP contribution is -2.51. The zero-order valence-corrected chi connectivity index (χ0v) is 24.1. The first-order valence-corrected chi connectivity index (χ1v) is 14.4. The summed E-state index contributed by atoms with van der Waals surface area (Å²) in [6.07, 6.45) is 0.735. The van der Waals surface area contributed by atoms with Crippen LogP contribution < -0.4 is 14.4 Å². The Bertz CT molecular complexity index is 1400. The highest BCUT2D eigenvalue weighted by Gasteiger charge is 2.32. The van der Waals surface area contributed by atoms with E-state index < -0.39 is 28.5 Å². The number of hydrogen-bond acceptors (Lipinski definition) is 5. The summed E-state index contributed by atoms with van der Waals surface area (Å²) in [6, 6.07) is 19.0. The van der Waals surface area contributed by atoms with Gasteiger partial charge in [0.05, 0.1) is 17.7 Å². The van der Waals surface area contributed by atoms with Crippen LogP contribution >= 0.6 is 11.6 Å². The van der Waals surface area contributed by atoms with E-state index in [9.17, 15) is 18.0 Å². The van der Waals surface area contributed by atoms with Gasteiger partial charge in [0.15, 0.2) is 0 Å². The van der Waals surface area contributed by atoms with Gasteiger partial charge in [0, 0.05) is 24.2 Å². The molecule has 0 aliphatic rings. The highest BCUT2D eigenvalue weighted by Crippen LogP contribution is 2.28. The largest absolute Gasteiger partial charge is 0.497 e. The van der Waals surface area contributed by atoms with Crippen LogP contribution in [0.2, 0.25) is 5.02 Å². The first-order chi connectivity index (χ1) is 18.6. The number of ether oxygens (including phenoxy) is 1. The second-order valence-corrected chi connectivity index (χ2v) is 11.4. The molecule has 0 aromatic heterocycles. The molecule has 8 nitrogen and oxygen atoms in total. The number of sulfonamides is 1. The van der Waals surface area contributed by atoms with Gasteiger partial charge in [-0.1, -0.05) is 54.4 Å². The van der Waals surface area contributed by atoms with Crippen LogP contribution in [0.4, 0.5) is 5.69 Å². The lowest BCUT2D eigenvalue weighted by Gasteiger charge is -2.32. The molecule has 0 fully saturated rings. The fourth-order valence-electron chi connectivity index (χ4n) is 3.94. The summed E-state index contributed by atoms with van der Waals surface area (Å²) in [6.45, 7) is 5.41. The molecule has 0 heterocycles. The number of hydrogen-bond donors (Lipinski definition) is 1. The molecule has 2 amide bonds. The molecule has 1 unspecified atom stereocenters. The molecule has 0 saturated carbocycles. The van der Waals surface area contributed by atoms with Gasteiger partial charge in [-0.15, -0.1) is 0 Å². The molecule has 0 spiro atoms. The molecule has 3 aromatic rings. The molecule has 1 atom stereocenters. The molecule has 1 N–H and O–H groups in total. The topological polar surface area (TPSA) is 96.0 Å². The number of anilines is 1. The number of aryl methyl sites for hydroxylation is 1. The molecular weight excluding hydrogens is 538 g/mol. The predicted octanol–water partition coefficient (Wildman–Crippen LogP) is 4.80. The molecule has 0 aliphatic heterocycles. The number of methoxy groups -OCH3 is 1. The molecule has 3 rings (SSSR count). The smallest absolute Gasteiger partial charge is 0.264 e. The van der Waals surface area contributed by atoms with Crippen LogP contribution in [0.5, 0.6) is 5.75 Å². The molecule has 0 saturated heterocycles. The highest BCUT2D eigenvalue weighted by molar-refractivity contribution is 7.92. The van der Waals surface area contributed by atoms with Crippen LogP contribution in [-0.4, -0.2) is 51.4 Å². The maximum atomic E-state index is 13.9. The number of carbonyl (C=O) groups excluding carboxylic acids is 2. The Morgan fingerprint density at radius 1 is 1.03 bits per heavy atom. The Labute approximate surface area is 235 Å². The third kappa shape index (κ3) is 7.74. The van der Waals surface area contributed by atoms with Crippen molar-refractivity contribution < 1.29 is 22.7 Å². The van der Waals surface area contributed by atoms with Gasteiger partial charge in [0.2, 0.25) is 11.8 Å². The molecule has 3 aromatic carbocycles. The number of halogens is 1. The molecule has 0 radical (unpaired) electrons. The summed E-state index contributed by atoms with van der Waals surface area (Å²) in [7, 11) is -2.68. The van der Waals surface area contributed by atoms with Crippen molar-refractivity contribution >= 4 is 39.1 Å². The van der Waals surface area contributed by atoms with Gasteiger partial charge in [-0.3, -0.25) is 13.9 Å². The maximum Gasteiger partial charge on any atom is 0.264 e. The van der Waals surface area contributed by atoms with Crippen molar-refractivity contribution in [2.45, 2.75) is 44.7 Å². The van der Waals surface area contributed by atoms with E-state index in [1.54, 1.807) is 67.6 Å². The van der Waals surface area contributed by atoms with Crippen molar-refractivity contribution in [2.24, 2.45) is 0 Å². The summed E-state index contributed by atoms with van der Waals surface area (Å²) < 4.78 is 34.1. The summed E-state index contributed by atoms with van der Waals surface area (Å²) in [5.41, 5.74) is 1.87. The van der Waals surface area contributed by atoms with Gasteiger partial charge >= 0.3 is 0 Å². The molecular formula is C29H34ClN3O5S. The molecule has 10 heteroatoms. The van der Waals surface area contributed by atoms with Crippen LogP contribution in [0.15, 0.2) is 77.7 Å². The van der Waals surface area contributed by atoms with Gasteiger partial charge in [-0.05, 0) is 62.2 Å². The number of nitrogens with zero attached hydrogens (tertiary/aromatic N) is 2. The SMILES string of the molecule is CCCNC(=O)C(C)N(Cc1cccc(Cl)c1)C(=O)CN(c1cccc(OC)c1)S(=O)(=O)c1ccc(C)cc1.